The molecule has 3 aromatic rings. The lowest BCUT2D eigenvalue weighted by molar-refractivity contribution is -0.135. The van der Waals surface area contributed by atoms with Crippen LogP contribution in [0.25, 0.3) is 11.3 Å². The number of likely N-dealkylation sites (tertiary alicyclic amines) is 1. The minimum atomic E-state index is -3.95. The number of aromatic nitrogens is 3. The summed E-state index contributed by atoms with van der Waals surface area (Å²) >= 11 is 0. The molecule has 2 aromatic carbocycles. The SMILES string of the molecule is O=C(CNS(=O)(=O)c1cccc(F)c1)N1CC(n2cc(-c3ccccc3)nn2)C1. The van der Waals surface area contributed by atoms with E-state index in [4.69, 9.17) is 0 Å². The normalized spacial score (nSPS) is 14.6. The second-order valence-corrected chi connectivity index (χ2v) is 8.45. The zero-order valence-electron chi connectivity index (χ0n) is 15.3. The molecule has 10 heteroatoms. The summed E-state index contributed by atoms with van der Waals surface area (Å²) in [6.45, 7) is 0.439. The molecular formula is C19H18FN5O3S. The first-order valence-electron chi connectivity index (χ1n) is 8.93. The number of halogens is 1. The lowest BCUT2D eigenvalue weighted by Crippen LogP contribution is -2.53. The summed E-state index contributed by atoms with van der Waals surface area (Å²) in [6, 6.07) is 14.3. The summed E-state index contributed by atoms with van der Waals surface area (Å²) in [5.41, 5.74) is 1.70. The summed E-state index contributed by atoms with van der Waals surface area (Å²) in [7, 11) is -3.95. The Bertz CT molecular complexity index is 1130. The van der Waals surface area contributed by atoms with Crippen molar-refractivity contribution in [3.8, 4) is 11.3 Å². The van der Waals surface area contributed by atoms with E-state index < -0.39 is 22.4 Å². The van der Waals surface area contributed by atoms with Crippen molar-refractivity contribution in [3.63, 3.8) is 0 Å². The van der Waals surface area contributed by atoms with Crippen molar-refractivity contribution < 1.29 is 17.6 Å². The zero-order chi connectivity index (χ0) is 20.4. The summed E-state index contributed by atoms with van der Waals surface area (Å²) in [4.78, 5) is 13.6. The first kappa shape index (κ1) is 19.2. The molecule has 0 unspecified atom stereocenters. The number of hydrogen-bond donors (Lipinski definition) is 1. The smallest absolute Gasteiger partial charge is 0.241 e. The first-order chi connectivity index (χ1) is 13.9. The number of nitrogens with zero attached hydrogens (tertiary/aromatic N) is 4. The molecule has 1 amide bonds. The van der Waals surface area contributed by atoms with Gasteiger partial charge in [-0.05, 0) is 18.2 Å². The Morgan fingerprint density at radius 2 is 1.90 bits per heavy atom. The van der Waals surface area contributed by atoms with Gasteiger partial charge in [0.25, 0.3) is 0 Å². The Kier molecular flexibility index (Phi) is 5.12. The van der Waals surface area contributed by atoms with Crippen molar-refractivity contribution in [2.45, 2.75) is 10.9 Å². The predicted molar refractivity (Wildman–Crippen MR) is 103 cm³/mol. The minimum absolute atomic E-state index is 0.0104. The molecule has 0 radical (unpaired) electrons. The predicted octanol–water partition coefficient (Wildman–Crippen LogP) is 1.45. The average Bonchev–Trinajstić information content (AvgIpc) is 3.16. The van der Waals surface area contributed by atoms with Crippen LogP contribution in [0.15, 0.2) is 65.7 Å². The molecule has 150 valence electrons. The Labute approximate surface area is 167 Å². The van der Waals surface area contributed by atoms with Gasteiger partial charge in [0.05, 0.1) is 23.7 Å². The van der Waals surface area contributed by atoms with E-state index in [2.05, 4.69) is 15.0 Å². The second kappa shape index (κ2) is 7.72. The molecule has 0 atom stereocenters. The largest absolute Gasteiger partial charge is 0.337 e. The molecule has 29 heavy (non-hydrogen) atoms. The number of rotatable bonds is 6. The third kappa shape index (κ3) is 4.17. The molecule has 1 N–H and O–H groups in total. The number of carbonyl (C=O) groups excluding carboxylic acids is 1. The highest BCUT2D eigenvalue weighted by atomic mass is 32.2. The van der Waals surface area contributed by atoms with Crippen LogP contribution in [0.1, 0.15) is 6.04 Å². The molecule has 0 aliphatic carbocycles. The topological polar surface area (TPSA) is 97.2 Å². The van der Waals surface area contributed by atoms with Crippen LogP contribution in [0, 0.1) is 5.82 Å². The van der Waals surface area contributed by atoms with Gasteiger partial charge in [-0.25, -0.2) is 22.2 Å². The van der Waals surface area contributed by atoms with E-state index >= 15 is 0 Å². The zero-order valence-corrected chi connectivity index (χ0v) is 16.1. The maximum atomic E-state index is 13.2. The fraction of sp³-hybridized carbons (Fsp3) is 0.211. The fourth-order valence-corrected chi connectivity index (χ4v) is 4.01. The van der Waals surface area contributed by atoms with Crippen LogP contribution in [-0.2, 0) is 14.8 Å². The number of carbonyl (C=O) groups is 1. The Hall–Kier alpha value is -3.11. The van der Waals surface area contributed by atoms with E-state index in [0.717, 1.165) is 23.4 Å². The molecule has 1 saturated heterocycles. The van der Waals surface area contributed by atoms with Crippen molar-refractivity contribution in [2.24, 2.45) is 0 Å². The Balaban J connectivity index is 1.31. The molecule has 1 aliphatic rings. The Morgan fingerprint density at radius 3 is 2.62 bits per heavy atom. The minimum Gasteiger partial charge on any atom is -0.337 e. The van der Waals surface area contributed by atoms with Gasteiger partial charge in [0.15, 0.2) is 0 Å². The number of hydrogen-bond acceptors (Lipinski definition) is 5. The van der Waals surface area contributed by atoms with E-state index in [0.29, 0.717) is 13.1 Å². The van der Waals surface area contributed by atoms with Crippen LogP contribution < -0.4 is 4.72 Å². The standard InChI is InChI=1S/C19H18FN5O3S/c20-15-7-4-8-17(9-15)29(27,28)21-10-19(26)24-11-16(12-24)25-13-18(22-23-25)14-5-2-1-3-6-14/h1-9,13,16,21H,10-12H2. The molecule has 0 bridgehead atoms. The van der Waals surface area contributed by atoms with Crippen LogP contribution in [0.5, 0.6) is 0 Å². The van der Waals surface area contributed by atoms with Gasteiger partial charge in [-0.15, -0.1) is 5.10 Å². The molecule has 4 rings (SSSR count). The molecule has 2 heterocycles. The van der Waals surface area contributed by atoms with Gasteiger partial charge < -0.3 is 4.90 Å². The number of nitrogens with one attached hydrogen (secondary N) is 1. The lowest BCUT2D eigenvalue weighted by atomic mass is 10.1. The van der Waals surface area contributed by atoms with E-state index in [9.17, 15) is 17.6 Å². The van der Waals surface area contributed by atoms with Gasteiger partial charge in [0.1, 0.15) is 11.5 Å². The van der Waals surface area contributed by atoms with Gasteiger partial charge in [0.2, 0.25) is 15.9 Å². The molecule has 1 aliphatic heterocycles. The Morgan fingerprint density at radius 1 is 1.14 bits per heavy atom. The number of benzene rings is 2. The van der Waals surface area contributed by atoms with Crippen molar-refractivity contribution in [2.75, 3.05) is 19.6 Å². The van der Waals surface area contributed by atoms with Gasteiger partial charge in [0, 0.05) is 18.7 Å². The summed E-state index contributed by atoms with van der Waals surface area (Å²) < 4.78 is 41.5. The van der Waals surface area contributed by atoms with Crippen LogP contribution in [-0.4, -0.2) is 53.9 Å². The third-order valence-electron chi connectivity index (χ3n) is 4.69. The molecule has 1 fully saturated rings. The maximum Gasteiger partial charge on any atom is 0.241 e. The monoisotopic (exact) mass is 415 g/mol. The summed E-state index contributed by atoms with van der Waals surface area (Å²) in [5.74, 6) is -1.02. The van der Waals surface area contributed by atoms with E-state index in [1.54, 1.807) is 4.68 Å². The van der Waals surface area contributed by atoms with Gasteiger partial charge in [-0.2, -0.15) is 0 Å². The van der Waals surface area contributed by atoms with Gasteiger partial charge in [-0.1, -0.05) is 41.6 Å². The van der Waals surface area contributed by atoms with Crippen LogP contribution in [0.3, 0.4) is 0 Å². The van der Waals surface area contributed by atoms with Crippen molar-refractivity contribution >= 4 is 15.9 Å². The van der Waals surface area contributed by atoms with Crippen molar-refractivity contribution in [1.82, 2.24) is 24.6 Å². The molecular weight excluding hydrogens is 397 g/mol. The van der Waals surface area contributed by atoms with E-state index in [-0.39, 0.29) is 16.8 Å². The van der Waals surface area contributed by atoms with E-state index in [1.165, 1.54) is 17.0 Å². The number of sulfonamides is 1. The highest BCUT2D eigenvalue weighted by molar-refractivity contribution is 7.89. The lowest BCUT2D eigenvalue weighted by Gasteiger charge is -2.38. The highest BCUT2D eigenvalue weighted by Gasteiger charge is 2.33. The summed E-state index contributed by atoms with van der Waals surface area (Å²) in [5, 5.41) is 8.28. The first-order valence-corrected chi connectivity index (χ1v) is 10.4. The van der Waals surface area contributed by atoms with Crippen LogP contribution in [0.2, 0.25) is 0 Å². The molecule has 8 nitrogen and oxygen atoms in total. The quantitative estimate of drug-likeness (QED) is 0.657. The fourth-order valence-electron chi connectivity index (χ4n) is 3.01. The number of amides is 1. The molecule has 0 saturated carbocycles. The van der Waals surface area contributed by atoms with Crippen molar-refractivity contribution in [3.05, 3.63) is 66.6 Å². The van der Waals surface area contributed by atoms with Gasteiger partial charge in [-0.3, -0.25) is 4.79 Å². The second-order valence-electron chi connectivity index (χ2n) is 6.68. The van der Waals surface area contributed by atoms with Gasteiger partial charge >= 0.3 is 0 Å². The molecule has 1 aromatic heterocycles. The summed E-state index contributed by atoms with van der Waals surface area (Å²) in [6.07, 6.45) is 1.83. The van der Waals surface area contributed by atoms with Crippen LogP contribution in [0.4, 0.5) is 4.39 Å². The average molecular weight is 415 g/mol. The van der Waals surface area contributed by atoms with Crippen LogP contribution >= 0.6 is 0 Å². The molecule has 0 spiro atoms. The van der Waals surface area contributed by atoms with Crippen molar-refractivity contribution in [1.29, 1.82) is 0 Å². The van der Waals surface area contributed by atoms with E-state index in [1.807, 2.05) is 36.5 Å². The third-order valence-corrected chi connectivity index (χ3v) is 6.09. The maximum absolute atomic E-state index is 13.2. The highest BCUT2D eigenvalue weighted by Crippen LogP contribution is 2.23.